The summed E-state index contributed by atoms with van der Waals surface area (Å²) in [5, 5.41) is 4.68. The van der Waals surface area contributed by atoms with Crippen LogP contribution in [0.3, 0.4) is 0 Å². The van der Waals surface area contributed by atoms with Crippen LogP contribution in [0.1, 0.15) is 24.5 Å². The Morgan fingerprint density at radius 1 is 1.27 bits per heavy atom. The van der Waals surface area contributed by atoms with Crippen LogP contribution in [-0.4, -0.2) is 24.2 Å². The van der Waals surface area contributed by atoms with Gasteiger partial charge >= 0.3 is 0 Å². The number of ether oxygens (including phenoxy) is 1. The molecule has 1 aliphatic rings. The monoisotopic (exact) mass is 372 g/mol. The molecule has 0 aliphatic carbocycles. The second-order valence-electron chi connectivity index (χ2n) is 6.16. The van der Waals surface area contributed by atoms with Crippen molar-refractivity contribution in [2.45, 2.75) is 32.0 Å². The highest BCUT2D eigenvalue weighted by atomic mass is 35.5. The number of amides is 1. The third kappa shape index (κ3) is 5.05. The lowest BCUT2D eigenvalue weighted by atomic mass is 10.1. The molecule has 6 nitrogen and oxygen atoms in total. The van der Waals surface area contributed by atoms with Gasteiger partial charge in [-0.2, -0.15) is 5.10 Å². The number of nitrogens with one attached hydrogen (secondary N) is 3. The summed E-state index contributed by atoms with van der Waals surface area (Å²) in [6.45, 7) is 2.42. The van der Waals surface area contributed by atoms with E-state index >= 15 is 0 Å². The van der Waals surface area contributed by atoms with Crippen molar-refractivity contribution in [2.75, 3.05) is 0 Å². The molecule has 0 aromatic heterocycles. The lowest BCUT2D eigenvalue weighted by molar-refractivity contribution is -0.122. The minimum atomic E-state index is -0.261. The molecule has 7 heteroatoms. The molecule has 1 saturated heterocycles. The fraction of sp³-hybridized carbons (Fsp3) is 0.263. The second-order valence-corrected chi connectivity index (χ2v) is 6.57. The smallest absolute Gasteiger partial charge is 0.258 e. The van der Waals surface area contributed by atoms with E-state index in [4.69, 9.17) is 16.3 Å². The Hall–Kier alpha value is -2.41. The summed E-state index contributed by atoms with van der Waals surface area (Å²) in [6.07, 6.45) is 2.33. The molecule has 2 unspecified atom stereocenters. The van der Waals surface area contributed by atoms with Crippen molar-refractivity contribution >= 4 is 23.7 Å². The first-order valence-electron chi connectivity index (χ1n) is 8.42. The highest BCUT2D eigenvalue weighted by Crippen LogP contribution is 2.18. The summed E-state index contributed by atoms with van der Waals surface area (Å²) in [6, 6.07) is 15.0. The molecular weight excluding hydrogens is 352 g/mol. The molecule has 2 aromatic carbocycles. The highest BCUT2D eigenvalue weighted by molar-refractivity contribution is 6.31. The summed E-state index contributed by atoms with van der Waals surface area (Å²) in [4.78, 5) is 11.9. The van der Waals surface area contributed by atoms with Gasteiger partial charge in [-0.15, -0.1) is 0 Å². The Bertz CT molecular complexity index is 779. The minimum absolute atomic E-state index is 0.155. The normalized spacial score (nSPS) is 19.6. The van der Waals surface area contributed by atoms with Gasteiger partial charge in [0.05, 0.1) is 6.21 Å². The molecule has 26 heavy (non-hydrogen) atoms. The van der Waals surface area contributed by atoms with Crippen molar-refractivity contribution in [3.8, 4) is 5.75 Å². The van der Waals surface area contributed by atoms with Crippen LogP contribution >= 0.6 is 11.6 Å². The molecule has 2 aromatic rings. The SMILES string of the molecule is CC1CC(C(=O)N/N=C/c2ccc(OCc3ccccc3Cl)cc2)NN1. The molecule has 0 saturated carbocycles. The summed E-state index contributed by atoms with van der Waals surface area (Å²) in [5.41, 5.74) is 10.3. The summed E-state index contributed by atoms with van der Waals surface area (Å²) < 4.78 is 5.73. The fourth-order valence-corrected chi connectivity index (χ4v) is 2.75. The van der Waals surface area contributed by atoms with E-state index < -0.39 is 0 Å². The van der Waals surface area contributed by atoms with Crippen LogP contribution in [0.25, 0.3) is 0 Å². The molecule has 1 fully saturated rings. The van der Waals surface area contributed by atoms with E-state index in [-0.39, 0.29) is 18.0 Å². The maximum Gasteiger partial charge on any atom is 0.258 e. The van der Waals surface area contributed by atoms with Gasteiger partial charge in [-0.3, -0.25) is 10.2 Å². The van der Waals surface area contributed by atoms with Gasteiger partial charge in [0.25, 0.3) is 5.91 Å². The van der Waals surface area contributed by atoms with Crippen LogP contribution in [0, 0.1) is 0 Å². The number of hydrazine groups is 1. The largest absolute Gasteiger partial charge is 0.489 e. The molecule has 1 heterocycles. The van der Waals surface area contributed by atoms with Gasteiger partial charge in [0.1, 0.15) is 18.4 Å². The van der Waals surface area contributed by atoms with Crippen LogP contribution in [0.15, 0.2) is 53.6 Å². The lowest BCUT2D eigenvalue weighted by Gasteiger charge is -2.08. The molecule has 3 rings (SSSR count). The zero-order valence-electron chi connectivity index (χ0n) is 14.4. The van der Waals surface area contributed by atoms with Gasteiger partial charge in [-0.1, -0.05) is 29.8 Å². The zero-order chi connectivity index (χ0) is 18.4. The van der Waals surface area contributed by atoms with E-state index in [1.165, 1.54) is 0 Å². The van der Waals surface area contributed by atoms with Gasteiger partial charge in [0.2, 0.25) is 0 Å². The highest BCUT2D eigenvalue weighted by Gasteiger charge is 2.26. The van der Waals surface area contributed by atoms with Gasteiger partial charge in [-0.25, -0.2) is 10.9 Å². The van der Waals surface area contributed by atoms with E-state index in [9.17, 15) is 4.79 Å². The van der Waals surface area contributed by atoms with Crippen molar-refractivity contribution in [3.05, 3.63) is 64.7 Å². The Morgan fingerprint density at radius 3 is 2.73 bits per heavy atom. The Morgan fingerprint density at radius 2 is 2.04 bits per heavy atom. The molecule has 136 valence electrons. The molecule has 3 N–H and O–H groups in total. The number of hydrazone groups is 1. The second kappa shape index (κ2) is 8.80. The third-order valence-corrected chi connectivity index (χ3v) is 4.40. The summed E-state index contributed by atoms with van der Waals surface area (Å²) >= 11 is 6.11. The number of carbonyl (C=O) groups is 1. The van der Waals surface area contributed by atoms with Gasteiger partial charge in [0.15, 0.2) is 0 Å². The molecule has 2 atom stereocenters. The number of benzene rings is 2. The van der Waals surface area contributed by atoms with Gasteiger partial charge in [-0.05, 0) is 49.2 Å². The molecule has 0 radical (unpaired) electrons. The Balaban J connectivity index is 1.48. The topological polar surface area (TPSA) is 74.8 Å². The van der Waals surface area contributed by atoms with Crippen molar-refractivity contribution in [2.24, 2.45) is 5.10 Å². The quantitative estimate of drug-likeness (QED) is 0.538. The average Bonchev–Trinajstić information content (AvgIpc) is 3.09. The average molecular weight is 373 g/mol. The van der Waals surface area contributed by atoms with Crippen LogP contribution < -0.4 is 21.0 Å². The van der Waals surface area contributed by atoms with Crippen molar-refractivity contribution in [1.82, 2.24) is 16.3 Å². The first kappa shape index (κ1) is 18.4. The summed E-state index contributed by atoms with van der Waals surface area (Å²) in [5.74, 6) is 0.583. The number of carbonyl (C=O) groups excluding carboxylic acids is 1. The van der Waals surface area contributed by atoms with E-state index in [1.807, 2.05) is 55.5 Å². The standard InChI is InChI=1S/C19H21ClN4O2/c1-13-10-18(23-22-13)19(25)24-21-11-14-6-8-16(9-7-14)26-12-15-4-2-3-5-17(15)20/h2-9,11,13,18,22-23H,10,12H2,1H3,(H,24,25)/b21-11+. The van der Waals surface area contributed by atoms with Crippen molar-refractivity contribution < 1.29 is 9.53 Å². The van der Waals surface area contributed by atoms with Crippen LogP contribution in [0.2, 0.25) is 5.02 Å². The Labute approximate surface area is 157 Å². The first-order valence-corrected chi connectivity index (χ1v) is 8.80. The number of hydrogen-bond donors (Lipinski definition) is 3. The lowest BCUT2D eigenvalue weighted by Crippen LogP contribution is -2.41. The van der Waals surface area contributed by atoms with Crippen LogP contribution in [0.5, 0.6) is 5.75 Å². The third-order valence-electron chi connectivity index (χ3n) is 4.03. The predicted octanol–water partition coefficient (Wildman–Crippen LogP) is 2.62. The molecular formula is C19H21ClN4O2. The van der Waals surface area contributed by atoms with Crippen LogP contribution in [0.4, 0.5) is 0 Å². The van der Waals surface area contributed by atoms with E-state index in [1.54, 1.807) is 6.21 Å². The summed E-state index contributed by atoms with van der Waals surface area (Å²) in [7, 11) is 0. The maximum absolute atomic E-state index is 11.9. The molecule has 0 bridgehead atoms. The van der Waals surface area contributed by atoms with E-state index in [0.717, 1.165) is 23.3 Å². The van der Waals surface area contributed by atoms with E-state index in [0.29, 0.717) is 11.6 Å². The van der Waals surface area contributed by atoms with Gasteiger partial charge in [0, 0.05) is 16.6 Å². The first-order chi connectivity index (χ1) is 12.6. The minimum Gasteiger partial charge on any atom is -0.489 e. The predicted molar refractivity (Wildman–Crippen MR) is 102 cm³/mol. The fourth-order valence-electron chi connectivity index (χ4n) is 2.56. The zero-order valence-corrected chi connectivity index (χ0v) is 15.2. The molecule has 1 amide bonds. The maximum atomic E-state index is 11.9. The molecule has 0 spiro atoms. The Kier molecular flexibility index (Phi) is 6.22. The molecule has 1 aliphatic heterocycles. The number of nitrogens with zero attached hydrogens (tertiary/aromatic N) is 1. The van der Waals surface area contributed by atoms with Crippen molar-refractivity contribution in [3.63, 3.8) is 0 Å². The van der Waals surface area contributed by atoms with Gasteiger partial charge < -0.3 is 4.74 Å². The number of halogens is 1. The number of rotatable bonds is 6. The van der Waals surface area contributed by atoms with Crippen LogP contribution in [-0.2, 0) is 11.4 Å². The van der Waals surface area contributed by atoms with Crippen molar-refractivity contribution in [1.29, 1.82) is 0 Å². The number of hydrogen-bond acceptors (Lipinski definition) is 5. The van der Waals surface area contributed by atoms with E-state index in [2.05, 4.69) is 21.4 Å².